The van der Waals surface area contributed by atoms with Crippen molar-refractivity contribution in [2.45, 2.75) is 66.5 Å². The van der Waals surface area contributed by atoms with E-state index in [4.69, 9.17) is 4.42 Å². The molecule has 0 saturated heterocycles. The monoisotopic (exact) mass is 287 g/mol. The molecule has 0 fully saturated rings. The molecule has 1 aromatic carbocycles. The van der Waals surface area contributed by atoms with Gasteiger partial charge in [0.15, 0.2) is 0 Å². The first-order chi connectivity index (χ1) is 9.72. The van der Waals surface area contributed by atoms with Gasteiger partial charge in [-0.1, -0.05) is 45.9 Å². The van der Waals surface area contributed by atoms with Gasteiger partial charge in [-0.3, -0.25) is 0 Å². The van der Waals surface area contributed by atoms with Gasteiger partial charge >= 0.3 is 0 Å². The molecule has 21 heavy (non-hydrogen) atoms. The molecule has 0 aliphatic rings. The van der Waals surface area contributed by atoms with Crippen molar-refractivity contribution in [1.29, 1.82) is 0 Å². The minimum absolute atomic E-state index is 0.113. The smallest absolute Gasteiger partial charge is 0.134 e. The van der Waals surface area contributed by atoms with Gasteiger partial charge < -0.3 is 9.73 Å². The lowest BCUT2D eigenvalue weighted by Crippen LogP contribution is -2.41. The van der Waals surface area contributed by atoms with Crippen LogP contribution < -0.4 is 5.32 Å². The fourth-order valence-corrected chi connectivity index (χ4v) is 3.34. The Kier molecular flexibility index (Phi) is 4.48. The van der Waals surface area contributed by atoms with Crippen LogP contribution in [-0.4, -0.2) is 5.54 Å². The molecule has 2 heteroatoms. The first kappa shape index (κ1) is 16.1. The lowest BCUT2D eigenvalue weighted by molar-refractivity contribution is 0.240. The second-order valence-electron chi connectivity index (χ2n) is 7.83. The highest BCUT2D eigenvalue weighted by atomic mass is 16.3. The zero-order chi connectivity index (χ0) is 15.7. The fraction of sp³-hybridized carbons (Fsp3) is 0.579. The number of hydrogen-bond donors (Lipinski definition) is 1. The number of furan rings is 1. The van der Waals surface area contributed by atoms with Crippen LogP contribution in [0.25, 0.3) is 11.0 Å². The van der Waals surface area contributed by atoms with Crippen LogP contribution >= 0.6 is 0 Å². The molecular weight excluding hydrogens is 258 g/mol. The van der Waals surface area contributed by atoms with Crippen molar-refractivity contribution in [3.63, 3.8) is 0 Å². The fourth-order valence-electron chi connectivity index (χ4n) is 3.34. The van der Waals surface area contributed by atoms with E-state index in [0.717, 1.165) is 30.7 Å². The van der Waals surface area contributed by atoms with Crippen molar-refractivity contribution >= 4 is 11.0 Å². The summed E-state index contributed by atoms with van der Waals surface area (Å²) in [6.07, 6.45) is 2.07. The zero-order valence-electron chi connectivity index (χ0n) is 14.3. The molecule has 0 spiro atoms. The van der Waals surface area contributed by atoms with E-state index >= 15 is 0 Å². The van der Waals surface area contributed by atoms with E-state index in [1.807, 2.05) is 6.07 Å². The molecule has 0 unspecified atom stereocenters. The van der Waals surface area contributed by atoms with Gasteiger partial charge in [0.05, 0.1) is 0 Å². The lowest BCUT2D eigenvalue weighted by Gasteiger charge is -2.33. The van der Waals surface area contributed by atoms with Crippen LogP contribution in [0.15, 0.2) is 28.7 Å². The summed E-state index contributed by atoms with van der Waals surface area (Å²) < 4.78 is 5.97. The summed E-state index contributed by atoms with van der Waals surface area (Å²) in [4.78, 5) is 0. The Morgan fingerprint density at radius 3 is 2.33 bits per heavy atom. The topological polar surface area (TPSA) is 25.2 Å². The summed E-state index contributed by atoms with van der Waals surface area (Å²) in [5, 5.41) is 4.97. The Balaban J connectivity index is 2.20. The molecule has 0 aliphatic heterocycles. The Morgan fingerprint density at radius 2 is 1.71 bits per heavy atom. The summed E-state index contributed by atoms with van der Waals surface area (Å²) in [5.74, 6) is 1.11. The van der Waals surface area contributed by atoms with Gasteiger partial charge in [-0.2, -0.15) is 0 Å². The third kappa shape index (κ3) is 4.10. The number of nitrogens with one attached hydrogen (secondary N) is 1. The normalized spacial score (nSPS) is 13.0. The number of aryl methyl sites for hydroxylation is 1. The second-order valence-corrected chi connectivity index (χ2v) is 7.83. The lowest BCUT2D eigenvalue weighted by atomic mass is 9.81. The van der Waals surface area contributed by atoms with Crippen LogP contribution in [0.4, 0.5) is 0 Å². The number of benzene rings is 1. The molecule has 0 amide bonds. The minimum atomic E-state index is 0.113. The van der Waals surface area contributed by atoms with Crippen LogP contribution in [0, 0.1) is 5.41 Å². The summed E-state index contributed by atoms with van der Waals surface area (Å²) in [5.41, 5.74) is 2.75. The van der Waals surface area contributed by atoms with Gasteiger partial charge in [0, 0.05) is 29.5 Å². The van der Waals surface area contributed by atoms with Crippen molar-refractivity contribution in [3.05, 3.63) is 35.6 Å². The maximum atomic E-state index is 5.97. The summed E-state index contributed by atoms with van der Waals surface area (Å²) >= 11 is 0. The molecule has 2 nitrogen and oxygen atoms in total. The predicted octanol–water partition coefficient (Wildman–Crippen LogP) is 5.30. The van der Waals surface area contributed by atoms with E-state index < -0.39 is 0 Å². The first-order valence-electron chi connectivity index (χ1n) is 7.96. The maximum absolute atomic E-state index is 5.97. The highest BCUT2D eigenvalue weighted by Gasteiger charge is 2.25. The molecule has 0 bridgehead atoms. The van der Waals surface area contributed by atoms with Crippen molar-refractivity contribution in [2.24, 2.45) is 5.41 Å². The van der Waals surface area contributed by atoms with Gasteiger partial charge in [-0.25, -0.2) is 0 Å². The van der Waals surface area contributed by atoms with E-state index in [1.165, 1.54) is 10.9 Å². The summed E-state index contributed by atoms with van der Waals surface area (Å²) in [6, 6.07) is 8.33. The van der Waals surface area contributed by atoms with Crippen molar-refractivity contribution < 1.29 is 4.42 Å². The van der Waals surface area contributed by atoms with E-state index in [2.05, 4.69) is 65.1 Å². The molecule has 1 heterocycles. The quantitative estimate of drug-likeness (QED) is 0.807. The number of fused-ring (bicyclic) bond motifs is 1. The molecule has 1 N–H and O–H groups in total. The van der Waals surface area contributed by atoms with Crippen molar-refractivity contribution in [2.75, 3.05) is 0 Å². The van der Waals surface area contributed by atoms with Crippen LogP contribution in [0.1, 0.15) is 59.3 Å². The number of hydrogen-bond acceptors (Lipinski definition) is 2. The summed E-state index contributed by atoms with van der Waals surface area (Å²) in [7, 11) is 0. The van der Waals surface area contributed by atoms with Gasteiger partial charge in [0.2, 0.25) is 0 Å². The Hall–Kier alpha value is -1.28. The third-order valence-electron chi connectivity index (χ3n) is 3.82. The molecule has 1 aromatic heterocycles. The van der Waals surface area contributed by atoms with E-state index in [0.29, 0.717) is 5.41 Å². The third-order valence-corrected chi connectivity index (χ3v) is 3.82. The largest absolute Gasteiger partial charge is 0.461 e. The first-order valence-corrected chi connectivity index (χ1v) is 7.96. The van der Waals surface area contributed by atoms with Crippen LogP contribution in [0.2, 0.25) is 0 Å². The van der Waals surface area contributed by atoms with Gasteiger partial charge in [0.1, 0.15) is 11.3 Å². The molecule has 0 atom stereocenters. The van der Waals surface area contributed by atoms with Crippen molar-refractivity contribution in [3.8, 4) is 0 Å². The highest BCUT2D eigenvalue weighted by molar-refractivity contribution is 5.82. The molecule has 2 aromatic rings. The predicted molar refractivity (Wildman–Crippen MR) is 90.6 cm³/mol. The van der Waals surface area contributed by atoms with E-state index in [1.54, 1.807) is 0 Å². The SMILES string of the molecule is CCc1oc2ccccc2c1CNC(C)(C)CC(C)(C)C. The number of para-hydroxylation sites is 1. The van der Waals surface area contributed by atoms with E-state index in [-0.39, 0.29) is 5.54 Å². The standard InChI is InChI=1S/C19H29NO/c1-7-16-15(14-10-8-9-11-17(14)21-16)12-20-19(5,6)13-18(2,3)4/h8-11,20H,7,12-13H2,1-6H3. The molecule has 0 saturated carbocycles. The highest BCUT2D eigenvalue weighted by Crippen LogP contribution is 2.29. The molecule has 0 aliphatic carbocycles. The van der Waals surface area contributed by atoms with Crippen molar-refractivity contribution in [1.82, 2.24) is 5.32 Å². The van der Waals surface area contributed by atoms with Gasteiger partial charge in [0.25, 0.3) is 0 Å². The Labute approximate surface area is 128 Å². The van der Waals surface area contributed by atoms with Crippen LogP contribution in [-0.2, 0) is 13.0 Å². The van der Waals surface area contributed by atoms with Gasteiger partial charge in [-0.05, 0) is 31.7 Å². The average Bonchev–Trinajstić information content (AvgIpc) is 2.71. The number of rotatable bonds is 5. The molecular formula is C19H29NO. The van der Waals surface area contributed by atoms with Gasteiger partial charge in [-0.15, -0.1) is 0 Å². The Morgan fingerprint density at radius 1 is 1.05 bits per heavy atom. The molecule has 0 radical (unpaired) electrons. The van der Waals surface area contributed by atoms with Crippen LogP contribution in [0.3, 0.4) is 0 Å². The molecule has 2 rings (SSSR count). The van der Waals surface area contributed by atoms with Crippen LogP contribution in [0.5, 0.6) is 0 Å². The molecule has 116 valence electrons. The minimum Gasteiger partial charge on any atom is -0.461 e. The van der Waals surface area contributed by atoms with E-state index in [9.17, 15) is 0 Å². The Bertz CT molecular complexity index is 602. The average molecular weight is 287 g/mol. The second kappa shape index (κ2) is 5.84. The maximum Gasteiger partial charge on any atom is 0.134 e. The summed E-state index contributed by atoms with van der Waals surface area (Å²) in [6.45, 7) is 14.5. The zero-order valence-corrected chi connectivity index (χ0v) is 14.3.